The lowest BCUT2D eigenvalue weighted by molar-refractivity contribution is -0.136. The fourth-order valence-corrected chi connectivity index (χ4v) is 2.41. The van der Waals surface area contributed by atoms with Crippen LogP contribution in [0.3, 0.4) is 0 Å². The Morgan fingerprint density at radius 2 is 1.73 bits per heavy atom. The average Bonchev–Trinajstić information content (AvgIpc) is 2.54. The van der Waals surface area contributed by atoms with Gasteiger partial charge in [0.1, 0.15) is 0 Å². The van der Waals surface area contributed by atoms with Gasteiger partial charge in [-0.25, -0.2) is 0 Å². The molecule has 0 aromatic heterocycles. The van der Waals surface area contributed by atoms with Crippen LogP contribution < -0.4 is 10.6 Å². The topological polar surface area (TPSA) is 78.4 Å². The molecule has 0 saturated heterocycles. The number of benzene rings is 1. The summed E-state index contributed by atoms with van der Waals surface area (Å²) in [6.45, 7) is 6.06. The summed E-state index contributed by atoms with van der Waals surface area (Å²) in [5.74, 6) is -1.31. The molecule has 2 amide bonds. The molecule has 0 spiro atoms. The zero-order chi connectivity index (χ0) is 16.5. The van der Waals surface area contributed by atoms with E-state index in [4.69, 9.17) is 0 Å². The molecule has 3 N–H and O–H groups in total. The van der Waals surface area contributed by atoms with Crippen LogP contribution in [0, 0.1) is 5.92 Å². The Morgan fingerprint density at radius 3 is 2.32 bits per heavy atom. The first-order chi connectivity index (χ1) is 10.5. The van der Waals surface area contributed by atoms with Gasteiger partial charge in [0.2, 0.25) is 0 Å². The van der Waals surface area contributed by atoms with Gasteiger partial charge in [-0.1, -0.05) is 51.8 Å². The second kappa shape index (κ2) is 9.20. The number of nitrogens with one attached hydrogen (secondary N) is 2. The Bertz CT molecular complexity index is 498. The number of anilines is 1. The summed E-state index contributed by atoms with van der Waals surface area (Å²) < 4.78 is 0. The minimum Gasteiger partial charge on any atom is -0.391 e. The van der Waals surface area contributed by atoms with Crippen molar-refractivity contribution in [1.29, 1.82) is 0 Å². The Morgan fingerprint density at radius 1 is 1.09 bits per heavy atom. The Hall–Kier alpha value is -1.88. The minimum absolute atomic E-state index is 0.0913. The van der Waals surface area contributed by atoms with Crippen LogP contribution in [0.25, 0.3) is 0 Å². The van der Waals surface area contributed by atoms with Gasteiger partial charge < -0.3 is 15.7 Å². The van der Waals surface area contributed by atoms with E-state index in [0.29, 0.717) is 5.69 Å². The van der Waals surface area contributed by atoms with Crippen molar-refractivity contribution in [3.63, 3.8) is 0 Å². The molecule has 1 aromatic rings. The van der Waals surface area contributed by atoms with E-state index in [9.17, 15) is 14.7 Å². The van der Waals surface area contributed by atoms with E-state index in [0.717, 1.165) is 24.8 Å². The lowest BCUT2D eigenvalue weighted by Crippen LogP contribution is -2.41. The minimum atomic E-state index is -0.726. The normalized spacial score (nSPS) is 12.0. The molecule has 1 rings (SSSR count). The maximum absolute atomic E-state index is 11.9. The van der Waals surface area contributed by atoms with Crippen LogP contribution in [0.2, 0.25) is 0 Å². The number of aliphatic hydroxyl groups excluding tert-OH is 1. The molecule has 1 unspecified atom stereocenters. The maximum Gasteiger partial charge on any atom is 0.313 e. The molecule has 1 aromatic carbocycles. The second-order valence-electron chi connectivity index (χ2n) is 5.32. The van der Waals surface area contributed by atoms with Crippen LogP contribution in [0.5, 0.6) is 0 Å². The van der Waals surface area contributed by atoms with Crippen molar-refractivity contribution >= 4 is 17.5 Å². The Kier molecular flexibility index (Phi) is 7.60. The lowest BCUT2D eigenvalue weighted by atomic mass is 9.96. The van der Waals surface area contributed by atoms with E-state index in [1.807, 2.05) is 39.0 Å². The first kappa shape index (κ1) is 18.2. The number of hydrogen-bond donors (Lipinski definition) is 3. The number of carbonyl (C=O) groups is 2. The number of carbonyl (C=O) groups excluding carboxylic acids is 2. The third kappa shape index (κ3) is 5.15. The molecule has 0 heterocycles. The highest BCUT2D eigenvalue weighted by atomic mass is 16.3. The number of aryl methyl sites for hydroxylation is 1. The molecule has 0 bridgehead atoms. The van der Waals surface area contributed by atoms with E-state index in [-0.39, 0.29) is 12.5 Å². The number of hydrogen-bond acceptors (Lipinski definition) is 3. The van der Waals surface area contributed by atoms with Crippen molar-refractivity contribution in [1.82, 2.24) is 5.32 Å². The SMILES string of the molecule is CCc1ccccc1NC(=O)C(=O)NCC(O)C(CC)CC. The van der Waals surface area contributed by atoms with Gasteiger partial charge in [-0.2, -0.15) is 0 Å². The van der Waals surface area contributed by atoms with Gasteiger partial charge in [0.15, 0.2) is 0 Å². The third-order valence-electron chi connectivity index (χ3n) is 3.92. The smallest absolute Gasteiger partial charge is 0.313 e. The molecule has 1 atom stereocenters. The van der Waals surface area contributed by atoms with Gasteiger partial charge in [0, 0.05) is 12.2 Å². The van der Waals surface area contributed by atoms with Crippen LogP contribution in [-0.4, -0.2) is 29.6 Å². The monoisotopic (exact) mass is 306 g/mol. The summed E-state index contributed by atoms with van der Waals surface area (Å²) in [4.78, 5) is 23.7. The average molecular weight is 306 g/mol. The van der Waals surface area contributed by atoms with Crippen LogP contribution in [0.4, 0.5) is 5.69 Å². The zero-order valence-electron chi connectivity index (χ0n) is 13.6. The van der Waals surface area contributed by atoms with E-state index in [1.165, 1.54) is 0 Å². The molecule has 122 valence electrons. The van der Waals surface area contributed by atoms with Gasteiger partial charge in [0.25, 0.3) is 0 Å². The lowest BCUT2D eigenvalue weighted by Gasteiger charge is -2.20. The number of rotatable bonds is 7. The molecule has 0 aliphatic carbocycles. The molecule has 5 nitrogen and oxygen atoms in total. The van der Waals surface area contributed by atoms with Gasteiger partial charge in [-0.3, -0.25) is 9.59 Å². The van der Waals surface area contributed by atoms with Crippen LogP contribution >= 0.6 is 0 Å². The number of amides is 2. The van der Waals surface area contributed by atoms with E-state index in [2.05, 4.69) is 10.6 Å². The van der Waals surface area contributed by atoms with Crippen molar-refractivity contribution in [3.8, 4) is 0 Å². The zero-order valence-corrected chi connectivity index (χ0v) is 13.6. The van der Waals surface area contributed by atoms with Crippen molar-refractivity contribution in [2.75, 3.05) is 11.9 Å². The predicted octanol–water partition coefficient (Wildman–Crippen LogP) is 2.10. The van der Waals surface area contributed by atoms with E-state index < -0.39 is 17.9 Å². The summed E-state index contributed by atoms with van der Waals surface area (Å²) in [6.07, 6.45) is 1.81. The standard InChI is InChI=1S/C17H26N2O3/c1-4-12(5-2)15(20)11-18-16(21)17(22)19-14-10-8-7-9-13(14)6-3/h7-10,12,15,20H,4-6,11H2,1-3H3,(H,18,21)(H,19,22). The van der Waals surface area contributed by atoms with Crippen molar-refractivity contribution in [3.05, 3.63) is 29.8 Å². The van der Waals surface area contributed by atoms with Gasteiger partial charge in [0.05, 0.1) is 6.10 Å². The molecule has 5 heteroatoms. The largest absolute Gasteiger partial charge is 0.391 e. The van der Waals surface area contributed by atoms with Gasteiger partial charge in [-0.05, 0) is 24.0 Å². The van der Waals surface area contributed by atoms with E-state index in [1.54, 1.807) is 6.07 Å². The molecule has 0 radical (unpaired) electrons. The summed E-state index contributed by atoms with van der Waals surface area (Å²) in [6, 6.07) is 7.37. The highest BCUT2D eigenvalue weighted by Crippen LogP contribution is 2.15. The maximum atomic E-state index is 11.9. The fourth-order valence-electron chi connectivity index (χ4n) is 2.41. The summed E-state index contributed by atoms with van der Waals surface area (Å²) in [7, 11) is 0. The number of aliphatic hydroxyl groups is 1. The van der Waals surface area contributed by atoms with Gasteiger partial charge >= 0.3 is 11.8 Å². The van der Waals surface area contributed by atoms with E-state index >= 15 is 0 Å². The Labute approximate surface area is 132 Å². The quantitative estimate of drug-likeness (QED) is 0.675. The molecule has 22 heavy (non-hydrogen) atoms. The van der Waals surface area contributed by atoms with Gasteiger partial charge in [-0.15, -0.1) is 0 Å². The molecule has 0 aliphatic rings. The highest BCUT2D eigenvalue weighted by Gasteiger charge is 2.19. The van der Waals surface area contributed by atoms with Crippen molar-refractivity contribution in [2.45, 2.75) is 46.1 Å². The fraction of sp³-hybridized carbons (Fsp3) is 0.529. The molecule has 0 saturated carbocycles. The molecular formula is C17H26N2O3. The number of para-hydroxylation sites is 1. The van der Waals surface area contributed by atoms with Crippen LogP contribution in [0.1, 0.15) is 39.2 Å². The summed E-state index contributed by atoms with van der Waals surface area (Å²) in [5, 5.41) is 15.1. The van der Waals surface area contributed by atoms with Crippen molar-refractivity contribution in [2.24, 2.45) is 5.92 Å². The second-order valence-corrected chi connectivity index (χ2v) is 5.32. The molecule has 0 aliphatic heterocycles. The summed E-state index contributed by atoms with van der Waals surface area (Å²) >= 11 is 0. The third-order valence-corrected chi connectivity index (χ3v) is 3.92. The van der Waals surface area contributed by atoms with Crippen molar-refractivity contribution < 1.29 is 14.7 Å². The Balaban J connectivity index is 2.54. The van der Waals surface area contributed by atoms with Crippen LogP contribution in [0.15, 0.2) is 24.3 Å². The molecule has 0 fully saturated rings. The molecular weight excluding hydrogens is 280 g/mol. The van der Waals surface area contributed by atoms with Crippen LogP contribution in [-0.2, 0) is 16.0 Å². The first-order valence-electron chi connectivity index (χ1n) is 7.88. The first-order valence-corrected chi connectivity index (χ1v) is 7.88. The highest BCUT2D eigenvalue weighted by molar-refractivity contribution is 6.39. The summed E-state index contributed by atoms with van der Waals surface area (Å²) in [5.41, 5.74) is 1.62. The predicted molar refractivity (Wildman–Crippen MR) is 87.5 cm³/mol.